The molecule has 1 amide bonds. The molecule has 0 fully saturated rings. The van der Waals surface area contributed by atoms with E-state index >= 15 is 0 Å². The van der Waals surface area contributed by atoms with Crippen LogP contribution >= 0.6 is 0 Å². The standard InChI is InChI=1S/C18H15NO4/c1-11-17(13-6-4-3-5-7-13)18(21)15-9-8-14(10-16(15)22-11)23-19-12(2)20/h3-10H,1-2H3,(H,19,20). The predicted molar refractivity (Wildman–Crippen MR) is 87.1 cm³/mol. The Labute approximate surface area is 132 Å². The minimum absolute atomic E-state index is 0.0963. The molecule has 1 N–H and O–H groups in total. The van der Waals surface area contributed by atoms with E-state index in [0.29, 0.717) is 28.0 Å². The molecule has 3 rings (SSSR count). The molecule has 1 heterocycles. The lowest BCUT2D eigenvalue weighted by molar-refractivity contribution is -0.125. The SMILES string of the molecule is CC(=O)NOc1ccc2c(=O)c(-c3ccccc3)c(C)oc2c1. The lowest BCUT2D eigenvalue weighted by Crippen LogP contribution is -2.23. The Morgan fingerprint density at radius 3 is 2.57 bits per heavy atom. The molecule has 5 nitrogen and oxygen atoms in total. The molecule has 5 heteroatoms. The van der Waals surface area contributed by atoms with Gasteiger partial charge in [-0.2, -0.15) is 5.48 Å². The average Bonchev–Trinajstić information content (AvgIpc) is 2.53. The van der Waals surface area contributed by atoms with Crippen molar-refractivity contribution in [3.63, 3.8) is 0 Å². The molecule has 0 atom stereocenters. The highest BCUT2D eigenvalue weighted by molar-refractivity contribution is 5.83. The zero-order valence-corrected chi connectivity index (χ0v) is 12.8. The summed E-state index contributed by atoms with van der Waals surface area (Å²) in [6.45, 7) is 3.10. The number of carbonyl (C=O) groups is 1. The highest BCUT2D eigenvalue weighted by Gasteiger charge is 2.14. The number of aryl methyl sites for hydroxylation is 1. The Kier molecular flexibility index (Phi) is 3.85. The first-order valence-corrected chi connectivity index (χ1v) is 7.12. The van der Waals surface area contributed by atoms with Gasteiger partial charge in [0.2, 0.25) is 11.3 Å². The molecule has 1 aromatic heterocycles. The average molecular weight is 309 g/mol. The molecule has 0 spiro atoms. The fourth-order valence-electron chi connectivity index (χ4n) is 2.42. The highest BCUT2D eigenvalue weighted by Crippen LogP contribution is 2.25. The maximum atomic E-state index is 12.8. The highest BCUT2D eigenvalue weighted by atomic mass is 16.7. The molecule has 0 aliphatic rings. The monoisotopic (exact) mass is 309 g/mol. The third kappa shape index (κ3) is 2.94. The summed E-state index contributed by atoms with van der Waals surface area (Å²) >= 11 is 0. The van der Waals surface area contributed by atoms with Crippen LogP contribution in [0.25, 0.3) is 22.1 Å². The number of carbonyl (C=O) groups excluding carboxylic acids is 1. The van der Waals surface area contributed by atoms with E-state index in [0.717, 1.165) is 5.56 Å². The van der Waals surface area contributed by atoms with Gasteiger partial charge in [-0.05, 0) is 24.6 Å². The smallest absolute Gasteiger partial charge is 0.249 e. The summed E-state index contributed by atoms with van der Waals surface area (Å²) in [7, 11) is 0. The lowest BCUT2D eigenvalue weighted by Gasteiger charge is -2.09. The third-order valence-corrected chi connectivity index (χ3v) is 3.41. The number of nitrogens with one attached hydrogen (secondary N) is 1. The Morgan fingerprint density at radius 2 is 1.87 bits per heavy atom. The van der Waals surface area contributed by atoms with Crippen LogP contribution in [0.2, 0.25) is 0 Å². The van der Waals surface area contributed by atoms with Crippen LogP contribution in [0.5, 0.6) is 5.75 Å². The zero-order valence-electron chi connectivity index (χ0n) is 12.8. The molecule has 0 unspecified atom stereocenters. The van der Waals surface area contributed by atoms with Crippen LogP contribution in [0.3, 0.4) is 0 Å². The third-order valence-electron chi connectivity index (χ3n) is 3.41. The zero-order chi connectivity index (χ0) is 16.4. The molecular weight excluding hydrogens is 294 g/mol. The molecule has 2 aromatic carbocycles. The van der Waals surface area contributed by atoms with E-state index in [2.05, 4.69) is 5.48 Å². The molecule has 0 saturated carbocycles. The van der Waals surface area contributed by atoms with Crippen molar-refractivity contribution in [1.82, 2.24) is 5.48 Å². The first kappa shape index (κ1) is 14.8. The van der Waals surface area contributed by atoms with Gasteiger partial charge in [-0.1, -0.05) is 30.3 Å². The van der Waals surface area contributed by atoms with Gasteiger partial charge in [0.1, 0.15) is 11.3 Å². The summed E-state index contributed by atoms with van der Waals surface area (Å²) in [5, 5.41) is 0.463. The summed E-state index contributed by atoms with van der Waals surface area (Å²) in [4.78, 5) is 28.7. The Morgan fingerprint density at radius 1 is 1.13 bits per heavy atom. The lowest BCUT2D eigenvalue weighted by atomic mass is 10.0. The minimum atomic E-state index is -0.317. The number of rotatable bonds is 3. The van der Waals surface area contributed by atoms with Gasteiger partial charge in [-0.15, -0.1) is 0 Å². The van der Waals surface area contributed by atoms with Gasteiger partial charge in [0.05, 0.1) is 10.9 Å². The molecule has 0 aliphatic carbocycles. The first-order valence-electron chi connectivity index (χ1n) is 7.12. The predicted octanol–water partition coefficient (Wildman–Crippen LogP) is 3.20. The summed E-state index contributed by atoms with van der Waals surface area (Å²) in [5.41, 5.74) is 3.92. The summed E-state index contributed by atoms with van der Waals surface area (Å²) in [6, 6.07) is 14.2. The van der Waals surface area contributed by atoms with E-state index < -0.39 is 0 Å². The van der Waals surface area contributed by atoms with E-state index in [1.165, 1.54) is 6.92 Å². The maximum absolute atomic E-state index is 12.8. The molecule has 0 saturated heterocycles. The second kappa shape index (κ2) is 5.96. The van der Waals surface area contributed by atoms with Crippen molar-refractivity contribution in [1.29, 1.82) is 0 Å². The van der Waals surface area contributed by atoms with E-state index in [4.69, 9.17) is 9.25 Å². The van der Waals surface area contributed by atoms with Gasteiger partial charge < -0.3 is 9.25 Å². The Balaban J connectivity index is 2.12. The topological polar surface area (TPSA) is 68.5 Å². The van der Waals surface area contributed by atoms with Gasteiger partial charge >= 0.3 is 0 Å². The summed E-state index contributed by atoms with van der Waals surface area (Å²) in [5.74, 6) is 0.607. The molecule has 3 aromatic rings. The van der Waals surface area contributed by atoms with Crippen LogP contribution in [0.1, 0.15) is 12.7 Å². The van der Waals surface area contributed by atoms with Crippen LogP contribution in [0, 0.1) is 6.92 Å². The van der Waals surface area contributed by atoms with Crippen LogP contribution < -0.4 is 15.7 Å². The van der Waals surface area contributed by atoms with Crippen LogP contribution in [0.4, 0.5) is 0 Å². The van der Waals surface area contributed by atoms with E-state index in [-0.39, 0.29) is 11.3 Å². The van der Waals surface area contributed by atoms with Gasteiger partial charge in [-0.25, -0.2) is 0 Å². The molecular formula is C18H15NO4. The second-order valence-electron chi connectivity index (χ2n) is 5.15. The minimum Gasteiger partial charge on any atom is -0.460 e. The fourth-order valence-corrected chi connectivity index (χ4v) is 2.42. The fraction of sp³-hybridized carbons (Fsp3) is 0.111. The molecule has 0 radical (unpaired) electrons. The molecule has 23 heavy (non-hydrogen) atoms. The number of fused-ring (bicyclic) bond motifs is 1. The van der Waals surface area contributed by atoms with Crippen molar-refractivity contribution in [3.05, 3.63) is 64.5 Å². The Hall–Kier alpha value is -3.08. The number of amides is 1. The summed E-state index contributed by atoms with van der Waals surface area (Å²) in [6.07, 6.45) is 0. The van der Waals surface area contributed by atoms with Gasteiger partial charge in [-0.3, -0.25) is 9.59 Å². The van der Waals surface area contributed by atoms with Crippen molar-refractivity contribution in [2.24, 2.45) is 0 Å². The molecule has 0 aliphatic heterocycles. The van der Waals surface area contributed by atoms with E-state index in [1.807, 2.05) is 30.3 Å². The second-order valence-corrected chi connectivity index (χ2v) is 5.15. The number of benzene rings is 2. The first-order chi connectivity index (χ1) is 11.1. The van der Waals surface area contributed by atoms with E-state index in [1.54, 1.807) is 25.1 Å². The molecule has 0 bridgehead atoms. The van der Waals surface area contributed by atoms with Crippen molar-refractivity contribution < 1.29 is 14.0 Å². The normalized spacial score (nSPS) is 10.5. The van der Waals surface area contributed by atoms with Crippen molar-refractivity contribution in [2.45, 2.75) is 13.8 Å². The Bertz CT molecular complexity index is 929. The van der Waals surface area contributed by atoms with Crippen molar-refractivity contribution in [3.8, 4) is 16.9 Å². The van der Waals surface area contributed by atoms with Crippen LogP contribution in [-0.2, 0) is 4.79 Å². The molecule has 116 valence electrons. The maximum Gasteiger partial charge on any atom is 0.249 e. The van der Waals surface area contributed by atoms with Crippen LogP contribution in [0.15, 0.2) is 57.7 Å². The van der Waals surface area contributed by atoms with Gasteiger partial charge in [0.15, 0.2) is 5.75 Å². The van der Waals surface area contributed by atoms with E-state index in [9.17, 15) is 9.59 Å². The summed E-state index contributed by atoms with van der Waals surface area (Å²) < 4.78 is 5.78. The van der Waals surface area contributed by atoms with Crippen molar-refractivity contribution >= 4 is 16.9 Å². The van der Waals surface area contributed by atoms with Gasteiger partial charge in [0.25, 0.3) is 0 Å². The largest absolute Gasteiger partial charge is 0.460 e. The number of hydroxylamine groups is 1. The van der Waals surface area contributed by atoms with Gasteiger partial charge in [0, 0.05) is 13.0 Å². The number of hydrogen-bond acceptors (Lipinski definition) is 4. The van der Waals surface area contributed by atoms with Crippen LogP contribution in [-0.4, -0.2) is 5.91 Å². The van der Waals surface area contributed by atoms with Crippen molar-refractivity contribution in [2.75, 3.05) is 0 Å². The quantitative estimate of drug-likeness (QED) is 0.754. The number of hydrogen-bond donors (Lipinski definition) is 1.